The number of hydrogen-bond donors (Lipinski definition) is 1. The number of halogens is 2. The molecule has 2 aromatic rings. The molecule has 2 rings (SSSR count). The van der Waals surface area contributed by atoms with Crippen molar-refractivity contribution in [1.29, 1.82) is 0 Å². The monoisotopic (exact) mass is 261 g/mol. The molecule has 0 aliphatic rings. The normalized spacial score (nSPS) is 10.4. The topological polar surface area (TPSA) is 43.1 Å². The second-order valence-corrected chi connectivity index (χ2v) is 4.34. The van der Waals surface area contributed by atoms with Crippen LogP contribution in [-0.2, 0) is 17.6 Å². The van der Waals surface area contributed by atoms with Crippen LogP contribution < -0.4 is 5.73 Å². The van der Waals surface area contributed by atoms with Gasteiger partial charge in [-0.2, -0.15) is 0 Å². The number of benzene rings is 2. The first-order valence-electron chi connectivity index (χ1n) is 5.85. The summed E-state index contributed by atoms with van der Waals surface area (Å²) in [5, 5.41) is 0. The Kier molecular flexibility index (Phi) is 3.90. The van der Waals surface area contributed by atoms with Crippen LogP contribution in [0.2, 0.25) is 0 Å². The first kappa shape index (κ1) is 13.2. The van der Waals surface area contributed by atoms with Gasteiger partial charge in [-0.05, 0) is 29.8 Å². The van der Waals surface area contributed by atoms with Crippen LogP contribution in [0.1, 0.15) is 11.1 Å². The maximum atomic E-state index is 13.4. The number of hydrogen-bond acceptors (Lipinski definition) is 2. The van der Waals surface area contributed by atoms with Gasteiger partial charge in [-0.3, -0.25) is 4.79 Å². The number of nitrogens with two attached hydrogens (primary N) is 1. The number of anilines is 1. The molecule has 98 valence electrons. The zero-order valence-electron chi connectivity index (χ0n) is 10.2. The number of nitrogen functional groups attached to an aromatic ring is 1. The molecule has 0 amide bonds. The molecular weight excluding hydrogens is 248 g/mol. The van der Waals surface area contributed by atoms with E-state index >= 15 is 0 Å². The van der Waals surface area contributed by atoms with Gasteiger partial charge in [0.2, 0.25) is 0 Å². The molecule has 0 unspecified atom stereocenters. The lowest BCUT2D eigenvalue weighted by molar-refractivity contribution is -0.117. The molecule has 2 aromatic carbocycles. The van der Waals surface area contributed by atoms with E-state index in [-0.39, 0.29) is 24.2 Å². The third-order valence-electron chi connectivity index (χ3n) is 2.79. The van der Waals surface area contributed by atoms with Crippen LogP contribution in [-0.4, -0.2) is 5.78 Å². The molecule has 2 N–H and O–H groups in total. The largest absolute Gasteiger partial charge is 0.399 e. The third kappa shape index (κ3) is 3.37. The average molecular weight is 261 g/mol. The summed E-state index contributed by atoms with van der Waals surface area (Å²) in [7, 11) is 0. The van der Waals surface area contributed by atoms with Gasteiger partial charge in [0.1, 0.15) is 17.4 Å². The molecule has 19 heavy (non-hydrogen) atoms. The zero-order valence-corrected chi connectivity index (χ0v) is 10.2. The Hall–Kier alpha value is -2.23. The summed E-state index contributed by atoms with van der Waals surface area (Å²) in [5.41, 5.74) is 6.72. The van der Waals surface area contributed by atoms with Crippen molar-refractivity contribution in [1.82, 2.24) is 0 Å². The van der Waals surface area contributed by atoms with Crippen LogP contribution in [0.25, 0.3) is 0 Å². The van der Waals surface area contributed by atoms with Crippen LogP contribution in [0.5, 0.6) is 0 Å². The van der Waals surface area contributed by atoms with Gasteiger partial charge in [0.05, 0.1) is 0 Å². The van der Waals surface area contributed by atoms with E-state index in [9.17, 15) is 13.6 Å². The molecular formula is C15H13F2NO. The van der Waals surface area contributed by atoms with E-state index in [1.165, 1.54) is 6.07 Å². The molecule has 0 heterocycles. The zero-order chi connectivity index (χ0) is 13.8. The molecule has 4 heteroatoms. The van der Waals surface area contributed by atoms with E-state index < -0.39 is 11.6 Å². The fourth-order valence-electron chi connectivity index (χ4n) is 1.89. The lowest BCUT2D eigenvalue weighted by Crippen LogP contribution is -2.09. The number of rotatable bonds is 4. The standard InChI is InChI=1S/C15H13F2NO/c16-14-5-2-6-15(17)13(14)9-12(19)8-10-3-1-4-11(18)7-10/h1-7H,8-9,18H2. The van der Waals surface area contributed by atoms with E-state index in [1.807, 2.05) is 0 Å². The summed E-state index contributed by atoms with van der Waals surface area (Å²) in [6.07, 6.45) is -0.147. The minimum Gasteiger partial charge on any atom is -0.399 e. The van der Waals surface area contributed by atoms with Crippen LogP contribution in [0.15, 0.2) is 42.5 Å². The van der Waals surface area contributed by atoms with Crippen molar-refractivity contribution in [3.8, 4) is 0 Å². The van der Waals surface area contributed by atoms with Crippen molar-refractivity contribution in [2.45, 2.75) is 12.8 Å². The lowest BCUT2D eigenvalue weighted by Gasteiger charge is -2.05. The van der Waals surface area contributed by atoms with Crippen molar-refractivity contribution in [3.05, 3.63) is 65.2 Å². The highest BCUT2D eigenvalue weighted by atomic mass is 19.1. The molecule has 0 saturated heterocycles. The maximum Gasteiger partial charge on any atom is 0.141 e. The van der Waals surface area contributed by atoms with Gasteiger partial charge >= 0.3 is 0 Å². The Morgan fingerprint density at radius 3 is 2.26 bits per heavy atom. The number of ketones is 1. The molecule has 0 spiro atoms. The predicted octanol–water partition coefficient (Wildman–Crippen LogP) is 2.90. The van der Waals surface area contributed by atoms with Gasteiger partial charge < -0.3 is 5.73 Å². The third-order valence-corrected chi connectivity index (χ3v) is 2.79. The van der Waals surface area contributed by atoms with Gasteiger partial charge in [0, 0.05) is 24.1 Å². The smallest absolute Gasteiger partial charge is 0.141 e. The number of carbonyl (C=O) groups is 1. The molecule has 0 radical (unpaired) electrons. The summed E-state index contributed by atoms with van der Waals surface area (Å²) in [5.74, 6) is -1.64. The van der Waals surface area contributed by atoms with E-state index in [0.29, 0.717) is 5.69 Å². The van der Waals surface area contributed by atoms with Gasteiger partial charge in [-0.25, -0.2) is 8.78 Å². The summed E-state index contributed by atoms with van der Waals surface area (Å²) in [4.78, 5) is 11.8. The lowest BCUT2D eigenvalue weighted by atomic mass is 10.0. The Morgan fingerprint density at radius 2 is 1.63 bits per heavy atom. The first-order valence-corrected chi connectivity index (χ1v) is 5.85. The van der Waals surface area contributed by atoms with Crippen LogP contribution in [0, 0.1) is 11.6 Å². The van der Waals surface area contributed by atoms with E-state index in [4.69, 9.17) is 5.73 Å². The van der Waals surface area contributed by atoms with E-state index in [0.717, 1.165) is 17.7 Å². The molecule has 0 saturated carbocycles. The van der Waals surface area contributed by atoms with Crippen molar-refractivity contribution in [2.75, 3.05) is 5.73 Å². The highest BCUT2D eigenvalue weighted by Crippen LogP contribution is 2.15. The molecule has 0 fully saturated rings. The van der Waals surface area contributed by atoms with Crippen molar-refractivity contribution in [2.24, 2.45) is 0 Å². The maximum absolute atomic E-state index is 13.4. The highest BCUT2D eigenvalue weighted by molar-refractivity contribution is 5.83. The van der Waals surface area contributed by atoms with Gasteiger partial charge in [-0.1, -0.05) is 18.2 Å². The molecule has 0 aliphatic carbocycles. The van der Waals surface area contributed by atoms with Crippen LogP contribution in [0.3, 0.4) is 0 Å². The van der Waals surface area contributed by atoms with Gasteiger partial charge in [0.15, 0.2) is 0 Å². The van der Waals surface area contributed by atoms with Crippen LogP contribution in [0.4, 0.5) is 14.5 Å². The Labute approximate surface area is 109 Å². The Bertz CT molecular complexity index is 591. The summed E-state index contributed by atoms with van der Waals surface area (Å²) in [6, 6.07) is 10.4. The molecule has 2 nitrogen and oxygen atoms in total. The summed E-state index contributed by atoms with van der Waals surface area (Å²) < 4.78 is 26.8. The summed E-state index contributed by atoms with van der Waals surface area (Å²) in [6.45, 7) is 0. The quantitative estimate of drug-likeness (QED) is 0.860. The molecule has 0 bridgehead atoms. The van der Waals surface area contributed by atoms with Gasteiger partial charge in [0.25, 0.3) is 0 Å². The predicted molar refractivity (Wildman–Crippen MR) is 69.6 cm³/mol. The average Bonchev–Trinajstić information content (AvgIpc) is 2.34. The fraction of sp³-hybridized carbons (Fsp3) is 0.133. The minimum atomic E-state index is -0.694. The van der Waals surface area contributed by atoms with Crippen LogP contribution >= 0.6 is 0 Å². The minimum absolute atomic E-state index is 0.110. The fourth-order valence-corrected chi connectivity index (χ4v) is 1.89. The molecule has 0 aliphatic heterocycles. The SMILES string of the molecule is Nc1cccc(CC(=O)Cc2c(F)cccc2F)c1. The van der Waals surface area contributed by atoms with E-state index in [2.05, 4.69) is 0 Å². The van der Waals surface area contributed by atoms with Crippen molar-refractivity contribution < 1.29 is 13.6 Å². The Morgan fingerprint density at radius 1 is 1.00 bits per heavy atom. The molecule has 0 atom stereocenters. The highest BCUT2D eigenvalue weighted by Gasteiger charge is 2.13. The van der Waals surface area contributed by atoms with E-state index in [1.54, 1.807) is 24.3 Å². The molecule has 0 aromatic heterocycles. The van der Waals surface area contributed by atoms with Crippen molar-refractivity contribution >= 4 is 11.5 Å². The second-order valence-electron chi connectivity index (χ2n) is 4.34. The number of carbonyl (C=O) groups excluding carboxylic acids is 1. The van der Waals surface area contributed by atoms with Crippen molar-refractivity contribution in [3.63, 3.8) is 0 Å². The first-order chi connectivity index (χ1) is 9.06. The second kappa shape index (κ2) is 5.61. The summed E-state index contributed by atoms with van der Waals surface area (Å²) >= 11 is 0. The number of Topliss-reactive ketones (excluding diaryl/α,β-unsaturated/α-hetero) is 1. The Balaban J connectivity index is 2.10. The van der Waals surface area contributed by atoms with Gasteiger partial charge in [-0.15, -0.1) is 0 Å².